The minimum absolute atomic E-state index is 0.179. The maximum Gasteiger partial charge on any atom is 0.251 e. The lowest BCUT2D eigenvalue weighted by molar-refractivity contribution is -0.126. The first-order chi connectivity index (χ1) is 14.8. The molecule has 0 saturated carbocycles. The van der Waals surface area contributed by atoms with Gasteiger partial charge in [0, 0.05) is 16.8 Å². The second kappa shape index (κ2) is 11.4. The highest BCUT2D eigenvalue weighted by molar-refractivity contribution is 5.99. The largest absolute Gasteiger partial charge is 0.494 e. The van der Waals surface area contributed by atoms with Crippen LogP contribution in [0.3, 0.4) is 0 Å². The summed E-state index contributed by atoms with van der Waals surface area (Å²) in [6, 6.07) is 12.7. The molecule has 0 heterocycles. The smallest absolute Gasteiger partial charge is 0.251 e. The lowest BCUT2D eigenvalue weighted by Gasteiger charge is -2.21. The first-order valence-electron chi connectivity index (χ1n) is 10.0. The van der Waals surface area contributed by atoms with Gasteiger partial charge in [0.15, 0.2) is 0 Å². The number of hydrogen-bond acceptors (Lipinski definition) is 4. The Hall–Kier alpha value is -3.79. The summed E-state index contributed by atoms with van der Waals surface area (Å²) in [5.41, 5.74) is 1.59. The Morgan fingerprint density at radius 3 is 2.42 bits per heavy atom. The molecular weight excluding hydrogens is 394 g/mol. The summed E-state index contributed by atoms with van der Waals surface area (Å²) < 4.78 is 5.36. The predicted molar refractivity (Wildman–Crippen MR) is 120 cm³/mol. The number of nitrogens with one attached hydrogen (secondary N) is 3. The fourth-order valence-electron chi connectivity index (χ4n) is 2.80. The molecule has 3 amide bonds. The van der Waals surface area contributed by atoms with Gasteiger partial charge in [-0.15, -0.1) is 6.42 Å². The average Bonchev–Trinajstić information content (AvgIpc) is 2.76. The Kier molecular flexibility index (Phi) is 8.64. The van der Waals surface area contributed by atoms with Gasteiger partial charge >= 0.3 is 0 Å². The Balaban J connectivity index is 1.93. The van der Waals surface area contributed by atoms with E-state index < -0.39 is 17.9 Å². The van der Waals surface area contributed by atoms with Gasteiger partial charge in [0.1, 0.15) is 11.8 Å². The van der Waals surface area contributed by atoms with Crippen molar-refractivity contribution in [3.63, 3.8) is 0 Å². The standard InChI is InChI=1S/C24H27N3O4/c1-5-17-8-7-9-19(14-17)26-21(28)15-25-24(30)22(16(3)4)27-23(29)18-10-12-20(13-11-18)31-6-2/h1,7-14,16,22H,6,15H2,2-4H3,(H,25,30)(H,26,28)(H,27,29). The molecule has 0 fully saturated rings. The summed E-state index contributed by atoms with van der Waals surface area (Å²) in [4.78, 5) is 37.3. The number of anilines is 1. The Morgan fingerprint density at radius 2 is 1.81 bits per heavy atom. The van der Waals surface area contributed by atoms with Crippen LogP contribution in [0.1, 0.15) is 36.7 Å². The molecule has 0 aromatic heterocycles. The van der Waals surface area contributed by atoms with Gasteiger partial charge in [-0.3, -0.25) is 14.4 Å². The molecule has 1 unspecified atom stereocenters. The van der Waals surface area contributed by atoms with E-state index in [0.717, 1.165) is 0 Å². The van der Waals surface area contributed by atoms with Gasteiger partial charge in [0.05, 0.1) is 13.2 Å². The van der Waals surface area contributed by atoms with Crippen molar-refractivity contribution in [3.8, 4) is 18.1 Å². The second-order valence-corrected chi connectivity index (χ2v) is 7.14. The summed E-state index contributed by atoms with van der Waals surface area (Å²) in [6.07, 6.45) is 5.35. The van der Waals surface area contributed by atoms with Crippen LogP contribution in [0.4, 0.5) is 5.69 Å². The van der Waals surface area contributed by atoms with E-state index in [2.05, 4.69) is 21.9 Å². The van der Waals surface area contributed by atoms with Gasteiger partial charge < -0.3 is 20.7 Å². The zero-order valence-corrected chi connectivity index (χ0v) is 17.9. The Labute approximate surface area is 182 Å². The molecule has 7 nitrogen and oxygen atoms in total. The highest BCUT2D eigenvalue weighted by atomic mass is 16.5. The van der Waals surface area contributed by atoms with Crippen LogP contribution in [0.5, 0.6) is 5.75 Å². The number of benzene rings is 2. The molecule has 162 valence electrons. The molecule has 0 aliphatic rings. The minimum atomic E-state index is -0.795. The van der Waals surface area contributed by atoms with Crippen LogP contribution >= 0.6 is 0 Å². The SMILES string of the molecule is C#Cc1cccc(NC(=O)CNC(=O)C(NC(=O)c2ccc(OCC)cc2)C(C)C)c1. The molecule has 0 aliphatic heterocycles. The fourth-order valence-corrected chi connectivity index (χ4v) is 2.80. The third-order valence-electron chi connectivity index (χ3n) is 4.40. The molecule has 2 aromatic rings. The number of hydrogen-bond donors (Lipinski definition) is 3. The van der Waals surface area contributed by atoms with Gasteiger partial charge in [-0.1, -0.05) is 25.8 Å². The lowest BCUT2D eigenvalue weighted by atomic mass is 10.0. The van der Waals surface area contributed by atoms with Crippen molar-refractivity contribution in [1.29, 1.82) is 0 Å². The van der Waals surface area contributed by atoms with E-state index in [1.54, 1.807) is 48.5 Å². The van der Waals surface area contributed by atoms with Gasteiger partial charge in [0.2, 0.25) is 11.8 Å². The number of carbonyl (C=O) groups excluding carboxylic acids is 3. The van der Waals surface area contributed by atoms with E-state index in [0.29, 0.717) is 29.2 Å². The van der Waals surface area contributed by atoms with Gasteiger partial charge in [-0.05, 0) is 55.3 Å². The van der Waals surface area contributed by atoms with E-state index in [9.17, 15) is 14.4 Å². The summed E-state index contributed by atoms with van der Waals surface area (Å²) in [5, 5.41) is 7.97. The zero-order valence-electron chi connectivity index (χ0n) is 17.9. The summed E-state index contributed by atoms with van der Waals surface area (Å²) in [7, 11) is 0. The van der Waals surface area contributed by atoms with Crippen LogP contribution in [-0.4, -0.2) is 36.9 Å². The summed E-state index contributed by atoms with van der Waals surface area (Å²) in [6.45, 7) is 5.80. The van der Waals surface area contributed by atoms with Gasteiger partial charge in [0.25, 0.3) is 5.91 Å². The van der Waals surface area contributed by atoms with Crippen molar-refractivity contribution in [2.75, 3.05) is 18.5 Å². The van der Waals surface area contributed by atoms with Gasteiger partial charge in [-0.25, -0.2) is 0 Å². The first kappa shape index (κ1) is 23.5. The quantitative estimate of drug-likeness (QED) is 0.542. The third-order valence-corrected chi connectivity index (χ3v) is 4.40. The molecule has 3 N–H and O–H groups in total. The molecule has 0 radical (unpaired) electrons. The van der Waals surface area contributed by atoms with Crippen LogP contribution in [0.15, 0.2) is 48.5 Å². The molecule has 2 rings (SSSR count). The minimum Gasteiger partial charge on any atom is -0.494 e. The van der Waals surface area contributed by atoms with Crippen LogP contribution < -0.4 is 20.7 Å². The maximum atomic E-state index is 12.6. The number of carbonyl (C=O) groups is 3. The van der Waals surface area contributed by atoms with E-state index in [-0.39, 0.29) is 18.4 Å². The van der Waals surface area contributed by atoms with E-state index in [1.807, 2.05) is 20.8 Å². The molecule has 0 bridgehead atoms. The molecule has 31 heavy (non-hydrogen) atoms. The molecule has 7 heteroatoms. The number of rotatable bonds is 9. The van der Waals surface area contributed by atoms with E-state index in [4.69, 9.17) is 11.2 Å². The van der Waals surface area contributed by atoms with E-state index >= 15 is 0 Å². The summed E-state index contributed by atoms with van der Waals surface area (Å²) in [5.74, 6) is 1.75. The Morgan fingerprint density at radius 1 is 1.10 bits per heavy atom. The first-order valence-corrected chi connectivity index (χ1v) is 10.0. The van der Waals surface area contributed by atoms with Gasteiger partial charge in [-0.2, -0.15) is 0 Å². The Bertz CT molecular complexity index is 962. The summed E-state index contributed by atoms with van der Waals surface area (Å²) >= 11 is 0. The third kappa shape index (κ3) is 7.19. The molecule has 0 spiro atoms. The normalized spacial score (nSPS) is 11.2. The highest BCUT2D eigenvalue weighted by Gasteiger charge is 2.25. The van der Waals surface area contributed by atoms with Crippen LogP contribution in [-0.2, 0) is 9.59 Å². The lowest BCUT2D eigenvalue weighted by Crippen LogP contribution is -2.51. The van der Waals surface area contributed by atoms with Crippen molar-refractivity contribution in [1.82, 2.24) is 10.6 Å². The number of ether oxygens (including phenoxy) is 1. The topological polar surface area (TPSA) is 96.5 Å². The average molecular weight is 421 g/mol. The molecular formula is C24H27N3O4. The monoisotopic (exact) mass is 421 g/mol. The van der Waals surface area contributed by atoms with E-state index in [1.165, 1.54) is 0 Å². The van der Waals surface area contributed by atoms with Crippen LogP contribution in [0.25, 0.3) is 0 Å². The molecule has 1 atom stereocenters. The van der Waals surface area contributed by atoms with Crippen molar-refractivity contribution >= 4 is 23.4 Å². The fraction of sp³-hybridized carbons (Fsp3) is 0.292. The number of terminal acetylenes is 1. The molecule has 0 saturated heterocycles. The van der Waals surface area contributed by atoms with Crippen LogP contribution in [0.2, 0.25) is 0 Å². The molecule has 0 aliphatic carbocycles. The molecule has 2 aromatic carbocycles. The van der Waals surface area contributed by atoms with Crippen molar-refractivity contribution < 1.29 is 19.1 Å². The van der Waals surface area contributed by atoms with Crippen LogP contribution in [0, 0.1) is 18.3 Å². The van der Waals surface area contributed by atoms with Crippen molar-refractivity contribution in [3.05, 3.63) is 59.7 Å². The number of amides is 3. The second-order valence-electron chi connectivity index (χ2n) is 7.14. The van der Waals surface area contributed by atoms with Crippen molar-refractivity contribution in [2.45, 2.75) is 26.8 Å². The highest BCUT2D eigenvalue weighted by Crippen LogP contribution is 2.13. The maximum absolute atomic E-state index is 12.6. The predicted octanol–water partition coefficient (Wildman–Crippen LogP) is 2.58. The zero-order chi connectivity index (χ0) is 22.8. The van der Waals surface area contributed by atoms with Crippen molar-refractivity contribution in [2.24, 2.45) is 5.92 Å².